The van der Waals surface area contributed by atoms with Crippen LogP contribution in [0.15, 0.2) is 51.6 Å². The normalized spacial score (nSPS) is 10.3. The van der Waals surface area contributed by atoms with Crippen molar-refractivity contribution < 1.29 is 18.7 Å². The van der Waals surface area contributed by atoms with Gasteiger partial charge >= 0.3 is 6.03 Å². The number of hydrogen-bond donors (Lipinski definition) is 2. The molecule has 3 rings (SSSR count). The first kappa shape index (κ1) is 16.9. The summed E-state index contributed by atoms with van der Waals surface area (Å²) in [4.78, 5) is 12.1. The van der Waals surface area contributed by atoms with Crippen LogP contribution in [0.4, 0.5) is 10.5 Å². The van der Waals surface area contributed by atoms with E-state index in [4.69, 9.17) is 13.9 Å². The number of anilines is 1. The zero-order chi connectivity index (χ0) is 17.6. The van der Waals surface area contributed by atoms with Crippen LogP contribution in [0, 0.1) is 0 Å². The summed E-state index contributed by atoms with van der Waals surface area (Å²) in [6.45, 7) is 0.280. The fourth-order valence-corrected chi connectivity index (χ4v) is 3.00. The van der Waals surface area contributed by atoms with E-state index in [1.807, 2.05) is 29.0 Å². The Morgan fingerprint density at radius 2 is 2.04 bits per heavy atom. The lowest BCUT2D eigenvalue weighted by molar-refractivity contribution is 0.250. The molecule has 0 saturated carbocycles. The minimum Gasteiger partial charge on any atom is -0.493 e. The number of amides is 2. The molecule has 0 aliphatic heterocycles. The molecule has 2 amide bonds. The van der Waals surface area contributed by atoms with Gasteiger partial charge in [-0.05, 0) is 35.7 Å². The van der Waals surface area contributed by atoms with Crippen molar-refractivity contribution in [1.29, 1.82) is 0 Å². The van der Waals surface area contributed by atoms with Gasteiger partial charge in [0.1, 0.15) is 11.5 Å². The van der Waals surface area contributed by atoms with E-state index in [1.165, 1.54) is 7.11 Å². The third-order valence-electron chi connectivity index (χ3n) is 3.54. The number of benzene rings is 1. The fourth-order valence-electron chi connectivity index (χ4n) is 2.35. The topological polar surface area (TPSA) is 72.7 Å². The largest absolute Gasteiger partial charge is 0.493 e. The van der Waals surface area contributed by atoms with Gasteiger partial charge < -0.3 is 24.5 Å². The summed E-state index contributed by atoms with van der Waals surface area (Å²) in [5, 5.41) is 9.51. The second kappa shape index (κ2) is 7.76. The number of ether oxygens (including phenoxy) is 2. The van der Waals surface area contributed by atoms with Gasteiger partial charge in [0.2, 0.25) is 0 Å². The number of nitrogens with one attached hydrogen (secondary N) is 2. The minimum atomic E-state index is -0.361. The van der Waals surface area contributed by atoms with Crippen LogP contribution in [0.3, 0.4) is 0 Å². The number of thiophene rings is 1. The number of furan rings is 1. The highest BCUT2D eigenvalue weighted by molar-refractivity contribution is 7.08. The molecule has 0 atom stereocenters. The van der Waals surface area contributed by atoms with Crippen molar-refractivity contribution in [2.24, 2.45) is 0 Å². The predicted octanol–water partition coefficient (Wildman–Crippen LogP) is 4.35. The summed E-state index contributed by atoms with van der Waals surface area (Å²) in [7, 11) is 3.07. The molecular formula is C18H18N2O4S. The number of carbonyl (C=O) groups excluding carboxylic acids is 1. The number of rotatable bonds is 6. The van der Waals surface area contributed by atoms with E-state index in [9.17, 15) is 4.79 Å². The van der Waals surface area contributed by atoms with Gasteiger partial charge in [0.25, 0.3) is 0 Å². The van der Waals surface area contributed by atoms with E-state index in [-0.39, 0.29) is 12.6 Å². The second-order valence-electron chi connectivity index (χ2n) is 5.13. The highest BCUT2D eigenvalue weighted by Gasteiger charge is 2.12. The van der Waals surface area contributed by atoms with Crippen molar-refractivity contribution in [3.8, 4) is 22.8 Å². The molecule has 2 aromatic heterocycles. The first-order valence-corrected chi connectivity index (χ1v) is 8.52. The predicted molar refractivity (Wildman–Crippen MR) is 97.4 cm³/mol. The van der Waals surface area contributed by atoms with E-state index in [1.54, 1.807) is 36.6 Å². The Bertz CT molecular complexity index is 843. The fraction of sp³-hybridized carbons (Fsp3) is 0.167. The van der Waals surface area contributed by atoms with E-state index < -0.39 is 0 Å². The van der Waals surface area contributed by atoms with Crippen molar-refractivity contribution in [1.82, 2.24) is 5.32 Å². The van der Waals surface area contributed by atoms with Gasteiger partial charge in [0.15, 0.2) is 11.5 Å². The van der Waals surface area contributed by atoms with Crippen LogP contribution in [0.25, 0.3) is 11.3 Å². The first-order chi connectivity index (χ1) is 12.2. The van der Waals surface area contributed by atoms with Gasteiger partial charge in [-0.15, -0.1) is 0 Å². The molecule has 0 bridgehead atoms. The SMILES string of the molecule is COc1cccc(NC(=O)NCc2ccc(-c3ccsc3)o2)c1OC. The summed E-state index contributed by atoms with van der Waals surface area (Å²) in [6.07, 6.45) is 0. The van der Waals surface area contributed by atoms with E-state index in [0.717, 1.165) is 11.3 Å². The highest BCUT2D eigenvalue weighted by Crippen LogP contribution is 2.34. The van der Waals surface area contributed by atoms with Crippen LogP contribution in [-0.2, 0) is 6.54 Å². The van der Waals surface area contributed by atoms with Crippen LogP contribution in [-0.4, -0.2) is 20.3 Å². The Balaban J connectivity index is 1.60. The second-order valence-corrected chi connectivity index (χ2v) is 5.91. The number of carbonyl (C=O) groups is 1. The molecule has 0 saturated heterocycles. The smallest absolute Gasteiger partial charge is 0.319 e. The maximum Gasteiger partial charge on any atom is 0.319 e. The maximum atomic E-state index is 12.1. The minimum absolute atomic E-state index is 0.280. The molecule has 3 aromatic rings. The van der Waals surface area contributed by atoms with Crippen LogP contribution in [0.2, 0.25) is 0 Å². The van der Waals surface area contributed by atoms with Gasteiger partial charge in [-0.2, -0.15) is 11.3 Å². The molecule has 0 spiro atoms. The average Bonchev–Trinajstić information content (AvgIpc) is 3.31. The Kier molecular flexibility index (Phi) is 5.25. The van der Waals surface area contributed by atoms with Gasteiger partial charge in [-0.3, -0.25) is 0 Å². The summed E-state index contributed by atoms with van der Waals surface area (Å²) < 4.78 is 16.2. The number of methoxy groups -OCH3 is 2. The lowest BCUT2D eigenvalue weighted by Crippen LogP contribution is -2.28. The zero-order valence-electron chi connectivity index (χ0n) is 13.9. The molecule has 0 radical (unpaired) electrons. The number of urea groups is 1. The van der Waals surface area contributed by atoms with Crippen molar-refractivity contribution in [3.05, 3.63) is 52.9 Å². The molecule has 0 unspecified atom stereocenters. The zero-order valence-corrected chi connectivity index (χ0v) is 14.7. The molecule has 0 aliphatic rings. The Morgan fingerprint density at radius 3 is 2.76 bits per heavy atom. The maximum absolute atomic E-state index is 12.1. The summed E-state index contributed by atoms with van der Waals surface area (Å²) >= 11 is 1.61. The Hall–Kier alpha value is -2.93. The van der Waals surface area contributed by atoms with E-state index in [2.05, 4.69) is 10.6 Å². The number of para-hydroxylation sites is 1. The highest BCUT2D eigenvalue weighted by atomic mass is 32.1. The lowest BCUT2D eigenvalue weighted by Gasteiger charge is -2.13. The van der Waals surface area contributed by atoms with Crippen LogP contribution < -0.4 is 20.1 Å². The van der Waals surface area contributed by atoms with Crippen LogP contribution >= 0.6 is 11.3 Å². The quantitative estimate of drug-likeness (QED) is 0.687. The molecule has 25 heavy (non-hydrogen) atoms. The van der Waals surface area contributed by atoms with E-state index in [0.29, 0.717) is 22.9 Å². The molecule has 2 N–H and O–H groups in total. The lowest BCUT2D eigenvalue weighted by atomic mass is 10.2. The van der Waals surface area contributed by atoms with Crippen molar-refractivity contribution >= 4 is 23.1 Å². The standard InChI is InChI=1S/C18H18N2O4S/c1-22-16-5-3-4-14(17(16)23-2)20-18(21)19-10-13-6-7-15(24-13)12-8-9-25-11-12/h3-9,11H,10H2,1-2H3,(H2,19,20,21). The third-order valence-corrected chi connectivity index (χ3v) is 4.22. The molecule has 0 fully saturated rings. The summed E-state index contributed by atoms with van der Waals surface area (Å²) in [6, 6.07) is 10.6. The van der Waals surface area contributed by atoms with Crippen molar-refractivity contribution in [2.45, 2.75) is 6.54 Å². The van der Waals surface area contributed by atoms with Gasteiger partial charge in [-0.25, -0.2) is 4.79 Å². The monoisotopic (exact) mass is 358 g/mol. The van der Waals surface area contributed by atoms with Gasteiger partial charge in [-0.1, -0.05) is 6.07 Å². The molecular weight excluding hydrogens is 340 g/mol. The third kappa shape index (κ3) is 3.95. The molecule has 130 valence electrons. The summed E-state index contributed by atoms with van der Waals surface area (Å²) in [5.74, 6) is 2.48. The number of hydrogen-bond acceptors (Lipinski definition) is 5. The van der Waals surface area contributed by atoms with Gasteiger partial charge in [0, 0.05) is 10.9 Å². The molecule has 6 nitrogen and oxygen atoms in total. The Morgan fingerprint density at radius 1 is 1.16 bits per heavy atom. The first-order valence-electron chi connectivity index (χ1n) is 7.58. The summed E-state index contributed by atoms with van der Waals surface area (Å²) in [5.41, 5.74) is 1.56. The molecule has 0 aliphatic carbocycles. The van der Waals surface area contributed by atoms with Crippen LogP contribution in [0.1, 0.15) is 5.76 Å². The van der Waals surface area contributed by atoms with Crippen LogP contribution in [0.5, 0.6) is 11.5 Å². The van der Waals surface area contributed by atoms with Crippen molar-refractivity contribution in [2.75, 3.05) is 19.5 Å². The average molecular weight is 358 g/mol. The Labute approximate surface area is 149 Å². The van der Waals surface area contributed by atoms with Gasteiger partial charge in [0.05, 0.1) is 26.5 Å². The molecule has 7 heteroatoms. The molecule has 1 aromatic carbocycles. The molecule has 2 heterocycles. The van der Waals surface area contributed by atoms with Crippen molar-refractivity contribution in [3.63, 3.8) is 0 Å². The van der Waals surface area contributed by atoms with E-state index >= 15 is 0 Å².